The van der Waals surface area contributed by atoms with Gasteiger partial charge < -0.3 is 20.3 Å². The number of guanidine groups is 1. The molecule has 0 aliphatic rings. The number of carbonyl (C=O) groups is 1. The van der Waals surface area contributed by atoms with Crippen LogP contribution in [-0.4, -0.2) is 56.6 Å². The van der Waals surface area contributed by atoms with E-state index in [-0.39, 0.29) is 48.3 Å². The second-order valence-electron chi connectivity index (χ2n) is 5.65. The molecule has 0 bridgehead atoms. The van der Waals surface area contributed by atoms with E-state index in [1.807, 2.05) is 13.8 Å². The van der Waals surface area contributed by atoms with E-state index in [9.17, 15) is 9.18 Å². The van der Waals surface area contributed by atoms with Crippen molar-refractivity contribution in [1.29, 1.82) is 0 Å². The summed E-state index contributed by atoms with van der Waals surface area (Å²) >= 11 is 0. The highest BCUT2D eigenvalue weighted by Gasteiger charge is 2.08. The molecule has 1 aromatic rings. The van der Waals surface area contributed by atoms with Crippen molar-refractivity contribution >= 4 is 35.8 Å². The normalized spacial score (nSPS) is 12.0. The van der Waals surface area contributed by atoms with Gasteiger partial charge in [-0.25, -0.2) is 9.38 Å². The number of hydrogen-bond donors (Lipinski definition) is 2. The zero-order valence-corrected chi connectivity index (χ0v) is 17.5. The molecule has 1 atom stereocenters. The summed E-state index contributed by atoms with van der Waals surface area (Å²) in [5.74, 6) is 0.632. The fourth-order valence-corrected chi connectivity index (χ4v) is 1.76. The number of amides is 1. The first-order valence-electron chi connectivity index (χ1n) is 8.07. The molecule has 0 spiro atoms. The third-order valence-corrected chi connectivity index (χ3v) is 3.10. The van der Waals surface area contributed by atoms with Crippen LogP contribution >= 0.6 is 24.0 Å². The molecule has 2 N–H and O–H groups in total. The number of halogens is 2. The number of likely N-dealkylation sites (N-methyl/N-ethyl adjacent to an activating group) is 1. The van der Waals surface area contributed by atoms with E-state index < -0.39 is 0 Å². The zero-order valence-electron chi connectivity index (χ0n) is 15.2. The second-order valence-corrected chi connectivity index (χ2v) is 5.65. The van der Waals surface area contributed by atoms with Crippen molar-refractivity contribution in [2.75, 3.05) is 33.7 Å². The molecule has 8 heteroatoms. The fraction of sp³-hybridized carbons (Fsp3) is 0.529. The number of benzene rings is 1. The highest BCUT2D eigenvalue weighted by atomic mass is 127. The smallest absolute Gasteiger partial charge is 0.243 e. The first kappa shape index (κ1) is 23.4. The molecule has 0 aliphatic heterocycles. The average molecular weight is 466 g/mol. The summed E-state index contributed by atoms with van der Waals surface area (Å²) in [7, 11) is 3.39. The van der Waals surface area contributed by atoms with Crippen LogP contribution in [0.1, 0.15) is 20.3 Å². The maximum Gasteiger partial charge on any atom is 0.243 e. The van der Waals surface area contributed by atoms with E-state index in [0.29, 0.717) is 18.3 Å². The minimum atomic E-state index is -0.332. The summed E-state index contributed by atoms with van der Waals surface area (Å²) in [5, 5.41) is 6.28. The maximum absolute atomic E-state index is 13.2. The van der Waals surface area contributed by atoms with Gasteiger partial charge in [-0.3, -0.25) is 4.79 Å². The van der Waals surface area contributed by atoms with Gasteiger partial charge in [0, 0.05) is 26.7 Å². The topological polar surface area (TPSA) is 66.0 Å². The van der Waals surface area contributed by atoms with Crippen LogP contribution in [0.25, 0.3) is 0 Å². The first-order chi connectivity index (χ1) is 11.4. The van der Waals surface area contributed by atoms with Crippen LogP contribution in [0.2, 0.25) is 0 Å². The quantitative estimate of drug-likeness (QED) is 0.351. The van der Waals surface area contributed by atoms with Crippen molar-refractivity contribution in [3.8, 4) is 5.75 Å². The predicted octanol–water partition coefficient (Wildman–Crippen LogP) is 2.24. The minimum absolute atomic E-state index is 0. The van der Waals surface area contributed by atoms with Crippen molar-refractivity contribution in [3.63, 3.8) is 0 Å². The van der Waals surface area contributed by atoms with Crippen LogP contribution < -0.4 is 15.4 Å². The van der Waals surface area contributed by atoms with Crippen molar-refractivity contribution in [2.24, 2.45) is 4.99 Å². The zero-order chi connectivity index (χ0) is 17.9. The summed E-state index contributed by atoms with van der Waals surface area (Å²) < 4.78 is 18.8. The van der Waals surface area contributed by atoms with Gasteiger partial charge in [0.1, 0.15) is 24.2 Å². The van der Waals surface area contributed by atoms with Crippen LogP contribution in [0, 0.1) is 5.82 Å². The number of hydrogen-bond acceptors (Lipinski definition) is 3. The van der Waals surface area contributed by atoms with Gasteiger partial charge >= 0.3 is 0 Å². The number of rotatable bonds is 8. The average Bonchev–Trinajstić information content (AvgIpc) is 2.53. The van der Waals surface area contributed by atoms with Gasteiger partial charge in [-0.15, -0.1) is 24.0 Å². The molecule has 0 aliphatic carbocycles. The van der Waals surface area contributed by atoms with Crippen molar-refractivity contribution in [1.82, 2.24) is 15.5 Å². The van der Waals surface area contributed by atoms with E-state index in [1.165, 1.54) is 17.0 Å². The van der Waals surface area contributed by atoms with Crippen LogP contribution in [0.15, 0.2) is 29.3 Å². The highest BCUT2D eigenvalue weighted by molar-refractivity contribution is 14.0. The second kappa shape index (κ2) is 12.7. The highest BCUT2D eigenvalue weighted by Crippen LogP contribution is 2.13. The Morgan fingerprint density at radius 1 is 1.36 bits per heavy atom. The standard InChI is InChI=1S/C17H27FN4O2.HI/c1-5-9-19-17(21-12-16(23)22(3)4)20-11-13(2)24-15-8-6-7-14(18)10-15;/h6-8,10,13H,5,9,11-12H2,1-4H3,(H2,19,20,21);1H. The summed E-state index contributed by atoms with van der Waals surface area (Å²) in [6, 6.07) is 6.03. The SMILES string of the molecule is CCCNC(=NCC(=O)N(C)C)NCC(C)Oc1cccc(F)c1.I. The van der Waals surface area contributed by atoms with Crippen LogP contribution in [0.3, 0.4) is 0 Å². The van der Waals surface area contributed by atoms with Gasteiger partial charge in [-0.05, 0) is 25.5 Å². The molecule has 0 heterocycles. The van der Waals surface area contributed by atoms with Gasteiger partial charge in [-0.1, -0.05) is 13.0 Å². The fourth-order valence-electron chi connectivity index (χ4n) is 1.76. The Labute approximate surface area is 166 Å². The van der Waals surface area contributed by atoms with Gasteiger partial charge in [0.05, 0.1) is 6.54 Å². The first-order valence-corrected chi connectivity index (χ1v) is 8.07. The summed E-state index contributed by atoms with van der Waals surface area (Å²) in [4.78, 5) is 17.4. The third kappa shape index (κ3) is 10.1. The Hall–Kier alpha value is -1.58. The Balaban J connectivity index is 0.00000576. The lowest BCUT2D eigenvalue weighted by molar-refractivity contribution is -0.127. The van der Waals surface area contributed by atoms with Gasteiger partial charge in [0.15, 0.2) is 5.96 Å². The Kier molecular flexibility index (Phi) is 11.9. The predicted molar refractivity (Wildman–Crippen MR) is 109 cm³/mol. The molecule has 25 heavy (non-hydrogen) atoms. The van der Waals surface area contributed by atoms with Gasteiger partial charge in [0.25, 0.3) is 0 Å². The van der Waals surface area contributed by atoms with Crippen LogP contribution in [0.5, 0.6) is 5.75 Å². The summed E-state index contributed by atoms with van der Waals surface area (Å²) in [6.45, 7) is 5.22. The summed E-state index contributed by atoms with van der Waals surface area (Å²) in [6.07, 6.45) is 0.752. The van der Waals surface area contributed by atoms with Crippen LogP contribution in [0.4, 0.5) is 4.39 Å². The van der Waals surface area contributed by atoms with E-state index in [2.05, 4.69) is 15.6 Å². The molecule has 1 unspecified atom stereocenters. The molecule has 0 radical (unpaired) electrons. The van der Waals surface area contributed by atoms with E-state index in [4.69, 9.17) is 4.74 Å². The number of nitrogens with one attached hydrogen (secondary N) is 2. The Bertz CT molecular complexity index is 555. The molecule has 6 nitrogen and oxygen atoms in total. The largest absolute Gasteiger partial charge is 0.489 e. The van der Waals surface area contributed by atoms with Gasteiger partial charge in [-0.2, -0.15) is 0 Å². The maximum atomic E-state index is 13.2. The molecule has 0 saturated carbocycles. The minimum Gasteiger partial charge on any atom is -0.489 e. The van der Waals surface area contributed by atoms with E-state index in [0.717, 1.165) is 13.0 Å². The molecule has 1 aromatic carbocycles. The molecule has 142 valence electrons. The Morgan fingerprint density at radius 3 is 2.68 bits per heavy atom. The molecule has 1 amide bonds. The number of aliphatic imine (C=N–C) groups is 1. The van der Waals surface area contributed by atoms with E-state index >= 15 is 0 Å². The lowest BCUT2D eigenvalue weighted by Crippen LogP contribution is -2.42. The number of carbonyl (C=O) groups excluding carboxylic acids is 1. The molecule has 0 aromatic heterocycles. The Morgan fingerprint density at radius 2 is 2.08 bits per heavy atom. The monoisotopic (exact) mass is 466 g/mol. The van der Waals surface area contributed by atoms with Crippen molar-refractivity contribution in [3.05, 3.63) is 30.1 Å². The number of ether oxygens (including phenoxy) is 1. The molecular formula is C17H28FIN4O2. The molecule has 0 saturated heterocycles. The van der Waals surface area contributed by atoms with E-state index in [1.54, 1.807) is 26.2 Å². The van der Waals surface area contributed by atoms with Crippen molar-refractivity contribution < 1.29 is 13.9 Å². The van der Waals surface area contributed by atoms with Crippen molar-refractivity contribution in [2.45, 2.75) is 26.4 Å². The lowest BCUT2D eigenvalue weighted by Gasteiger charge is -2.18. The molecule has 0 fully saturated rings. The van der Waals surface area contributed by atoms with Crippen LogP contribution in [-0.2, 0) is 4.79 Å². The lowest BCUT2D eigenvalue weighted by atomic mass is 10.3. The molecular weight excluding hydrogens is 438 g/mol. The molecule has 1 rings (SSSR count). The van der Waals surface area contributed by atoms with Gasteiger partial charge in [0.2, 0.25) is 5.91 Å². The summed E-state index contributed by atoms with van der Waals surface area (Å²) in [5.41, 5.74) is 0. The number of nitrogens with zero attached hydrogens (tertiary/aromatic N) is 2. The third-order valence-electron chi connectivity index (χ3n) is 3.10.